The number of fused-ring (bicyclic) bond motifs is 7. The van der Waals surface area contributed by atoms with Crippen LogP contribution in [0.2, 0.25) is 0 Å². The first-order valence-electron chi connectivity index (χ1n) is 14.9. The van der Waals surface area contributed by atoms with Gasteiger partial charge in [0.05, 0.1) is 18.3 Å². The smallest absolute Gasteiger partial charge is 0.312 e. The lowest BCUT2D eigenvalue weighted by molar-refractivity contribution is -0.186. The van der Waals surface area contributed by atoms with E-state index < -0.39 is 5.41 Å². The zero-order valence-electron chi connectivity index (χ0n) is 24.6. The van der Waals surface area contributed by atoms with Crippen molar-refractivity contribution in [2.45, 2.75) is 113 Å². The second-order valence-corrected chi connectivity index (χ2v) is 15.5. The number of aliphatic hydroxyl groups excluding tert-OH is 1. The monoisotopic (exact) mass is 510 g/mol. The Balaban J connectivity index is 1.61. The molecule has 0 saturated heterocycles. The number of aliphatic hydroxyl groups is 1. The highest BCUT2D eigenvalue weighted by molar-refractivity contribution is 6.00. The lowest BCUT2D eigenvalue weighted by Crippen LogP contribution is -2.65. The van der Waals surface area contributed by atoms with E-state index in [0.717, 1.165) is 57.6 Å². The molecule has 1 N–H and O–H groups in total. The molecular weight excluding hydrogens is 460 g/mol. The molecule has 4 saturated carbocycles. The predicted octanol–water partition coefficient (Wildman–Crippen LogP) is 7.97. The maximum atomic E-state index is 13.6. The average molecular weight is 511 g/mol. The van der Waals surface area contributed by atoms with Crippen LogP contribution in [0.3, 0.4) is 0 Å². The molecule has 0 spiro atoms. The zero-order chi connectivity index (χ0) is 27.2. The summed E-state index contributed by atoms with van der Waals surface area (Å²) in [5, 5.41) is 10.1. The summed E-state index contributed by atoms with van der Waals surface area (Å²) in [5.74, 6) is 1.15. The number of Topliss-reactive ketones (excluding diaryl/α,β-unsaturated/α-hetero) is 1. The summed E-state index contributed by atoms with van der Waals surface area (Å²) in [5.41, 5.74) is 1.56. The molecule has 0 aliphatic heterocycles. The molecule has 5 aliphatic rings. The fourth-order valence-corrected chi connectivity index (χ4v) is 10.9. The van der Waals surface area contributed by atoms with Crippen LogP contribution in [0.15, 0.2) is 23.5 Å². The van der Waals surface area contributed by atoms with Gasteiger partial charge in [0.25, 0.3) is 0 Å². The number of carbonyl (C=O) groups excluding carboxylic acids is 2. The van der Waals surface area contributed by atoms with Gasteiger partial charge in [0, 0.05) is 11.0 Å². The van der Waals surface area contributed by atoms with Crippen LogP contribution in [-0.4, -0.2) is 23.5 Å². The minimum absolute atomic E-state index is 0.0205. The molecule has 5 aliphatic carbocycles. The third-order valence-electron chi connectivity index (χ3n) is 13.1. The minimum atomic E-state index is -0.465. The lowest BCUT2D eigenvalue weighted by atomic mass is 9.33. The molecule has 7 atom stereocenters. The van der Waals surface area contributed by atoms with Gasteiger partial charge in [-0.05, 0) is 104 Å². The van der Waals surface area contributed by atoms with Crippen LogP contribution in [0, 0.1) is 50.2 Å². The molecule has 0 unspecified atom stereocenters. The zero-order valence-corrected chi connectivity index (χ0v) is 24.6. The van der Waals surface area contributed by atoms with Crippen LogP contribution in [0.1, 0.15) is 113 Å². The van der Waals surface area contributed by atoms with Gasteiger partial charge in [0.2, 0.25) is 0 Å². The summed E-state index contributed by atoms with van der Waals surface area (Å²) in [7, 11) is 0. The van der Waals surface area contributed by atoms with Crippen molar-refractivity contribution in [3.8, 4) is 0 Å². The Morgan fingerprint density at radius 1 is 1.03 bits per heavy atom. The number of hydrogen-bond acceptors (Lipinski definition) is 4. The van der Waals surface area contributed by atoms with Gasteiger partial charge in [-0.15, -0.1) is 0 Å². The van der Waals surface area contributed by atoms with Crippen molar-refractivity contribution in [2.75, 3.05) is 6.61 Å². The summed E-state index contributed by atoms with van der Waals surface area (Å²) >= 11 is 0. The molecule has 37 heavy (non-hydrogen) atoms. The minimum Gasteiger partial charge on any atom is -0.515 e. The highest BCUT2D eigenvalue weighted by atomic mass is 16.5. The van der Waals surface area contributed by atoms with Crippen molar-refractivity contribution in [1.82, 2.24) is 0 Å². The summed E-state index contributed by atoms with van der Waals surface area (Å²) in [6.07, 6.45) is 12.4. The van der Waals surface area contributed by atoms with Crippen LogP contribution < -0.4 is 0 Å². The van der Waals surface area contributed by atoms with Crippen LogP contribution in [0.4, 0.5) is 0 Å². The van der Waals surface area contributed by atoms with Gasteiger partial charge >= 0.3 is 5.97 Å². The highest BCUT2D eigenvalue weighted by Gasteiger charge is 2.69. The van der Waals surface area contributed by atoms with Gasteiger partial charge in [-0.2, -0.15) is 0 Å². The second-order valence-electron chi connectivity index (χ2n) is 15.5. The Morgan fingerprint density at radius 2 is 1.70 bits per heavy atom. The largest absolute Gasteiger partial charge is 0.515 e. The van der Waals surface area contributed by atoms with Crippen LogP contribution in [0.5, 0.6) is 0 Å². The Morgan fingerprint density at radius 3 is 2.35 bits per heavy atom. The highest BCUT2D eigenvalue weighted by Crippen LogP contribution is 2.75. The molecule has 0 radical (unpaired) electrons. The molecule has 0 heterocycles. The molecule has 5 rings (SSSR count). The first-order chi connectivity index (χ1) is 17.1. The molecule has 0 aromatic heterocycles. The number of rotatable bonds is 2. The summed E-state index contributed by atoms with van der Waals surface area (Å²) in [4.78, 5) is 26.9. The standard InChI is InChI=1S/C33H50O4/c1-9-37-27(36)33-16-14-28(2,3)19-23(33)22-10-11-25-30(6)18-21(20-34)26(35)29(4,5)24(30)12-13-32(25,8)31(22,7)15-17-33/h10,20,23-25,34H,9,11-19H2,1-8H3/b21-20-/t23-,24-,25+,30-,31+,32+,33-/m0/s1. The van der Waals surface area contributed by atoms with Crippen molar-refractivity contribution in [2.24, 2.45) is 50.2 Å². The molecule has 4 fully saturated rings. The molecule has 0 amide bonds. The van der Waals surface area contributed by atoms with Crippen LogP contribution >= 0.6 is 0 Å². The van der Waals surface area contributed by atoms with Crippen LogP contribution in [-0.2, 0) is 14.3 Å². The van der Waals surface area contributed by atoms with Gasteiger partial charge in [-0.3, -0.25) is 9.59 Å². The maximum absolute atomic E-state index is 13.6. The number of ketones is 1. The number of hydrogen-bond donors (Lipinski definition) is 1. The normalized spacial score (nSPS) is 47.1. The van der Waals surface area contributed by atoms with E-state index in [9.17, 15) is 14.7 Å². The SMILES string of the molecule is CCOC(=O)[C@]12CCC(C)(C)C[C@H]1C1=CC[C@@H]3[C@@]4(C)C/C(=C/O)C(=O)C(C)(C)[C@@H]4CC[C@@]3(C)[C@]1(C)CC2. The Kier molecular flexibility index (Phi) is 5.99. The molecule has 0 aromatic rings. The van der Waals surface area contributed by atoms with Gasteiger partial charge in [-0.25, -0.2) is 0 Å². The number of allylic oxidation sites excluding steroid dienone is 3. The third-order valence-corrected chi connectivity index (χ3v) is 13.1. The summed E-state index contributed by atoms with van der Waals surface area (Å²) in [6.45, 7) is 18.8. The van der Waals surface area contributed by atoms with E-state index in [2.05, 4.69) is 54.5 Å². The van der Waals surface area contributed by atoms with E-state index in [0.29, 0.717) is 30.4 Å². The van der Waals surface area contributed by atoms with Gasteiger partial charge in [0.1, 0.15) is 0 Å². The predicted molar refractivity (Wildman–Crippen MR) is 147 cm³/mol. The fraction of sp³-hybridized carbons (Fsp3) is 0.818. The summed E-state index contributed by atoms with van der Waals surface area (Å²) in [6, 6.07) is 0. The first-order valence-corrected chi connectivity index (χ1v) is 14.9. The van der Waals surface area contributed by atoms with Crippen LogP contribution in [0.25, 0.3) is 0 Å². The van der Waals surface area contributed by atoms with E-state index in [4.69, 9.17) is 4.74 Å². The molecule has 4 heteroatoms. The Labute approximate surface area is 224 Å². The Hall–Kier alpha value is -1.58. The molecule has 206 valence electrons. The maximum Gasteiger partial charge on any atom is 0.312 e. The van der Waals surface area contributed by atoms with E-state index in [-0.39, 0.29) is 44.7 Å². The van der Waals surface area contributed by atoms with E-state index in [1.54, 1.807) is 0 Å². The molecule has 4 nitrogen and oxygen atoms in total. The van der Waals surface area contributed by atoms with Crippen molar-refractivity contribution in [3.63, 3.8) is 0 Å². The Bertz CT molecular complexity index is 1060. The van der Waals surface area contributed by atoms with Gasteiger partial charge in [-0.1, -0.05) is 60.1 Å². The van der Waals surface area contributed by atoms with Crippen molar-refractivity contribution >= 4 is 11.8 Å². The number of ether oxygens (including phenoxy) is 1. The van der Waals surface area contributed by atoms with E-state index >= 15 is 0 Å². The summed E-state index contributed by atoms with van der Waals surface area (Å²) < 4.78 is 5.77. The quantitative estimate of drug-likeness (QED) is 0.177. The molecule has 0 bridgehead atoms. The van der Waals surface area contributed by atoms with Gasteiger partial charge in [0.15, 0.2) is 5.78 Å². The fourth-order valence-electron chi connectivity index (χ4n) is 10.9. The first kappa shape index (κ1) is 27.0. The van der Waals surface area contributed by atoms with E-state index in [1.165, 1.54) is 5.57 Å². The average Bonchev–Trinajstić information content (AvgIpc) is 2.81. The lowest BCUT2D eigenvalue weighted by Gasteiger charge is -2.70. The number of esters is 1. The third kappa shape index (κ3) is 3.38. The molecular formula is C33H50O4. The topological polar surface area (TPSA) is 63.6 Å². The van der Waals surface area contributed by atoms with Crippen molar-refractivity contribution < 1.29 is 19.4 Å². The number of carbonyl (C=O) groups is 2. The second kappa shape index (κ2) is 8.21. The van der Waals surface area contributed by atoms with Crippen molar-refractivity contribution in [1.29, 1.82) is 0 Å². The molecule has 0 aromatic carbocycles. The van der Waals surface area contributed by atoms with E-state index in [1.807, 2.05) is 6.92 Å². The van der Waals surface area contributed by atoms with Crippen molar-refractivity contribution in [3.05, 3.63) is 23.5 Å². The van der Waals surface area contributed by atoms with Gasteiger partial charge < -0.3 is 9.84 Å².